The molecule has 172 valence electrons. The highest BCUT2D eigenvalue weighted by molar-refractivity contribution is 6.53. The molecular formula is C27H24ClN3O3. The fraction of sp³-hybridized carbons (Fsp3) is 0.148. The number of rotatable bonds is 5. The number of aryl methyl sites for hydroxylation is 4. The van der Waals surface area contributed by atoms with Crippen LogP contribution in [0.25, 0.3) is 0 Å². The van der Waals surface area contributed by atoms with E-state index in [-0.39, 0.29) is 16.6 Å². The Hall–Kier alpha value is -3.90. The highest BCUT2D eigenvalue weighted by Gasteiger charge is 2.39. The number of hydrogen-bond acceptors (Lipinski definition) is 4. The summed E-state index contributed by atoms with van der Waals surface area (Å²) in [5.41, 5.74) is 6.28. The summed E-state index contributed by atoms with van der Waals surface area (Å²) in [5.74, 6) is -1.36. The Morgan fingerprint density at radius 2 is 1.38 bits per heavy atom. The first kappa shape index (κ1) is 23.3. The molecule has 0 spiro atoms. The van der Waals surface area contributed by atoms with E-state index >= 15 is 0 Å². The van der Waals surface area contributed by atoms with Crippen molar-refractivity contribution in [3.8, 4) is 0 Å². The monoisotopic (exact) mass is 473 g/mol. The van der Waals surface area contributed by atoms with Crippen molar-refractivity contribution in [1.82, 2.24) is 0 Å². The number of anilines is 3. The van der Waals surface area contributed by atoms with Crippen molar-refractivity contribution >= 4 is 46.4 Å². The van der Waals surface area contributed by atoms with Gasteiger partial charge in [-0.2, -0.15) is 0 Å². The zero-order chi connectivity index (χ0) is 24.6. The molecular weight excluding hydrogens is 450 g/mol. The van der Waals surface area contributed by atoms with Gasteiger partial charge in [0.05, 0.1) is 5.69 Å². The predicted molar refractivity (Wildman–Crippen MR) is 135 cm³/mol. The van der Waals surface area contributed by atoms with E-state index in [1.165, 1.54) is 0 Å². The average Bonchev–Trinajstić information content (AvgIpc) is 2.99. The number of carbonyl (C=O) groups is 3. The van der Waals surface area contributed by atoms with E-state index in [0.29, 0.717) is 22.6 Å². The van der Waals surface area contributed by atoms with Crippen LogP contribution in [0.5, 0.6) is 0 Å². The van der Waals surface area contributed by atoms with Crippen LogP contribution in [-0.2, 0) is 9.59 Å². The molecule has 1 aliphatic rings. The van der Waals surface area contributed by atoms with Crippen molar-refractivity contribution in [2.45, 2.75) is 27.7 Å². The molecule has 0 fully saturated rings. The highest BCUT2D eigenvalue weighted by Crippen LogP contribution is 2.31. The van der Waals surface area contributed by atoms with Gasteiger partial charge in [0.1, 0.15) is 10.7 Å². The van der Waals surface area contributed by atoms with Crippen molar-refractivity contribution in [2.75, 3.05) is 15.5 Å². The van der Waals surface area contributed by atoms with E-state index in [1.807, 2.05) is 52.0 Å². The quantitative estimate of drug-likeness (QED) is 0.472. The first-order valence-electron chi connectivity index (χ1n) is 10.8. The smallest absolute Gasteiger partial charge is 0.283 e. The van der Waals surface area contributed by atoms with Crippen molar-refractivity contribution in [1.29, 1.82) is 0 Å². The van der Waals surface area contributed by atoms with Crippen LogP contribution in [0, 0.1) is 27.7 Å². The summed E-state index contributed by atoms with van der Waals surface area (Å²) in [6.07, 6.45) is 0. The summed E-state index contributed by atoms with van der Waals surface area (Å²) < 4.78 is 0. The molecule has 0 aliphatic carbocycles. The van der Waals surface area contributed by atoms with Gasteiger partial charge in [-0.25, -0.2) is 4.90 Å². The summed E-state index contributed by atoms with van der Waals surface area (Å²) in [5, 5.41) is 5.63. The summed E-state index contributed by atoms with van der Waals surface area (Å²) in [4.78, 5) is 39.4. The van der Waals surface area contributed by atoms with Crippen molar-refractivity contribution < 1.29 is 14.4 Å². The molecule has 0 radical (unpaired) electrons. The van der Waals surface area contributed by atoms with E-state index in [9.17, 15) is 14.4 Å². The van der Waals surface area contributed by atoms with Gasteiger partial charge >= 0.3 is 0 Å². The zero-order valence-electron chi connectivity index (χ0n) is 19.3. The van der Waals surface area contributed by atoms with Gasteiger partial charge < -0.3 is 10.6 Å². The molecule has 0 saturated heterocycles. The predicted octanol–water partition coefficient (Wildman–Crippen LogP) is 5.61. The van der Waals surface area contributed by atoms with Gasteiger partial charge in [0, 0.05) is 16.9 Å². The third-order valence-corrected chi connectivity index (χ3v) is 6.02. The van der Waals surface area contributed by atoms with Crippen molar-refractivity contribution in [2.24, 2.45) is 0 Å². The zero-order valence-corrected chi connectivity index (χ0v) is 20.1. The first-order valence-corrected chi connectivity index (χ1v) is 11.1. The van der Waals surface area contributed by atoms with Crippen LogP contribution >= 0.6 is 11.6 Å². The minimum Gasteiger partial charge on any atom is -0.350 e. The lowest BCUT2D eigenvalue weighted by atomic mass is 10.1. The number of halogens is 1. The molecule has 0 saturated carbocycles. The topological polar surface area (TPSA) is 78.5 Å². The van der Waals surface area contributed by atoms with Crippen molar-refractivity contribution in [3.63, 3.8) is 0 Å². The molecule has 3 amide bonds. The minimum absolute atomic E-state index is 0.00171. The number of nitrogens with zero attached hydrogens (tertiary/aromatic N) is 1. The second-order valence-electron chi connectivity index (χ2n) is 8.44. The number of benzene rings is 3. The Kier molecular flexibility index (Phi) is 6.26. The van der Waals surface area contributed by atoms with Crippen LogP contribution < -0.4 is 15.5 Å². The lowest BCUT2D eigenvalue weighted by Crippen LogP contribution is -2.32. The molecule has 4 rings (SSSR count). The van der Waals surface area contributed by atoms with Gasteiger partial charge in [0.15, 0.2) is 0 Å². The Morgan fingerprint density at radius 1 is 0.765 bits per heavy atom. The molecule has 0 bridgehead atoms. The first-order chi connectivity index (χ1) is 16.1. The second kappa shape index (κ2) is 9.15. The average molecular weight is 474 g/mol. The highest BCUT2D eigenvalue weighted by atomic mass is 35.5. The summed E-state index contributed by atoms with van der Waals surface area (Å²) in [7, 11) is 0. The molecule has 1 heterocycles. The van der Waals surface area contributed by atoms with Gasteiger partial charge in [-0.3, -0.25) is 14.4 Å². The summed E-state index contributed by atoms with van der Waals surface area (Å²) in [6, 6.07) is 17.8. The summed E-state index contributed by atoms with van der Waals surface area (Å²) >= 11 is 6.23. The van der Waals surface area contributed by atoms with E-state index in [1.54, 1.807) is 36.4 Å². The molecule has 7 heteroatoms. The molecule has 0 aromatic heterocycles. The van der Waals surface area contributed by atoms with Crippen LogP contribution in [0.2, 0.25) is 0 Å². The third kappa shape index (κ3) is 4.58. The molecule has 0 atom stereocenters. The summed E-state index contributed by atoms with van der Waals surface area (Å²) in [6.45, 7) is 7.79. The molecule has 34 heavy (non-hydrogen) atoms. The second-order valence-corrected chi connectivity index (χ2v) is 8.81. The van der Waals surface area contributed by atoms with Gasteiger partial charge in [-0.15, -0.1) is 0 Å². The Labute approximate surface area is 203 Å². The molecule has 1 aliphatic heterocycles. The van der Waals surface area contributed by atoms with Crippen LogP contribution in [0.1, 0.15) is 32.6 Å². The number of amides is 3. The third-order valence-electron chi connectivity index (χ3n) is 5.67. The maximum absolute atomic E-state index is 13.0. The normalized spacial score (nSPS) is 13.5. The fourth-order valence-corrected chi connectivity index (χ4v) is 4.01. The maximum Gasteiger partial charge on any atom is 0.283 e. The molecule has 6 nitrogen and oxygen atoms in total. The SMILES string of the molecule is Cc1cc(C)cc(N2C(=O)C(Cl)=C(Nc3ccc(C(=O)Nc4ccc(C)c(C)c4)cc3)C2=O)c1. The molecule has 3 aromatic carbocycles. The Balaban J connectivity index is 1.49. The standard InChI is InChI=1S/C27H24ClN3O3/c1-15-11-16(2)13-22(12-15)31-26(33)23(28)24(27(31)34)29-20-9-6-19(7-10-20)25(32)30-21-8-5-17(3)18(4)14-21/h5-14,29H,1-4H3,(H,30,32). The van der Waals surface area contributed by atoms with Gasteiger partial charge in [0.25, 0.3) is 17.7 Å². The Bertz CT molecular complexity index is 1340. The Morgan fingerprint density at radius 3 is 2.00 bits per heavy atom. The van der Waals surface area contributed by atoms with E-state index in [4.69, 9.17) is 11.6 Å². The number of imide groups is 1. The number of nitrogens with one attached hydrogen (secondary N) is 2. The van der Waals surface area contributed by atoms with E-state index in [0.717, 1.165) is 27.2 Å². The molecule has 0 unspecified atom stereocenters. The van der Waals surface area contributed by atoms with Crippen LogP contribution in [-0.4, -0.2) is 17.7 Å². The largest absolute Gasteiger partial charge is 0.350 e. The van der Waals surface area contributed by atoms with Crippen LogP contribution in [0.3, 0.4) is 0 Å². The van der Waals surface area contributed by atoms with Gasteiger partial charge in [-0.1, -0.05) is 23.7 Å². The van der Waals surface area contributed by atoms with Gasteiger partial charge in [-0.05, 0) is 98.5 Å². The molecule has 3 aromatic rings. The van der Waals surface area contributed by atoms with Gasteiger partial charge in [0.2, 0.25) is 0 Å². The molecule has 2 N–H and O–H groups in total. The van der Waals surface area contributed by atoms with E-state index in [2.05, 4.69) is 10.6 Å². The lowest BCUT2D eigenvalue weighted by molar-refractivity contribution is -0.120. The minimum atomic E-state index is -0.580. The van der Waals surface area contributed by atoms with Crippen molar-refractivity contribution in [3.05, 3.63) is 99.2 Å². The maximum atomic E-state index is 13.0. The lowest BCUT2D eigenvalue weighted by Gasteiger charge is -2.16. The number of carbonyl (C=O) groups excluding carboxylic acids is 3. The van der Waals surface area contributed by atoms with Crippen LogP contribution in [0.15, 0.2) is 71.4 Å². The fourth-order valence-electron chi connectivity index (χ4n) is 3.80. The van der Waals surface area contributed by atoms with E-state index < -0.39 is 11.8 Å². The number of hydrogen-bond donors (Lipinski definition) is 2. The van der Waals surface area contributed by atoms with Crippen LogP contribution in [0.4, 0.5) is 17.1 Å².